The van der Waals surface area contributed by atoms with Gasteiger partial charge in [-0.25, -0.2) is 4.79 Å². The summed E-state index contributed by atoms with van der Waals surface area (Å²) in [6.45, 7) is 3.20. The molecular formula is C10H15N3O3. The molecule has 0 aliphatic heterocycles. The third kappa shape index (κ3) is 2.90. The normalized spacial score (nSPS) is 9.94. The van der Waals surface area contributed by atoms with Crippen LogP contribution < -0.4 is 4.90 Å². The van der Waals surface area contributed by atoms with Crippen LogP contribution in [-0.2, 0) is 4.74 Å². The van der Waals surface area contributed by atoms with Crippen LogP contribution in [0.4, 0.5) is 5.82 Å². The van der Waals surface area contributed by atoms with Crippen LogP contribution in [0.2, 0.25) is 0 Å². The van der Waals surface area contributed by atoms with Gasteiger partial charge in [-0.3, -0.25) is 0 Å². The highest BCUT2D eigenvalue weighted by Crippen LogP contribution is 2.09. The Labute approximate surface area is 93.9 Å². The highest BCUT2D eigenvalue weighted by atomic mass is 16.5. The summed E-state index contributed by atoms with van der Waals surface area (Å²) in [5.74, 6) is 0.119. The Morgan fingerprint density at radius 1 is 1.50 bits per heavy atom. The molecule has 0 unspecified atom stereocenters. The number of nitrogens with zero attached hydrogens (tertiary/aromatic N) is 3. The molecular weight excluding hydrogens is 210 g/mol. The molecule has 1 aromatic heterocycles. The van der Waals surface area contributed by atoms with Crippen molar-refractivity contribution >= 4 is 11.8 Å². The first-order valence-corrected chi connectivity index (χ1v) is 5.00. The highest BCUT2D eigenvalue weighted by molar-refractivity contribution is 5.86. The Balaban J connectivity index is 2.80. The van der Waals surface area contributed by atoms with Crippen molar-refractivity contribution in [3.05, 3.63) is 17.8 Å². The van der Waals surface area contributed by atoms with Crippen LogP contribution in [-0.4, -0.2) is 48.1 Å². The van der Waals surface area contributed by atoms with Crippen molar-refractivity contribution in [2.24, 2.45) is 0 Å². The minimum Gasteiger partial charge on any atom is -0.464 e. The lowest BCUT2D eigenvalue weighted by molar-refractivity contribution is 0.0592. The number of methoxy groups -OCH3 is 1. The highest BCUT2D eigenvalue weighted by Gasteiger charge is 2.10. The first-order valence-electron chi connectivity index (χ1n) is 5.00. The number of hydrogen-bond donors (Lipinski definition) is 1. The molecule has 6 heteroatoms. The number of aliphatic hydroxyl groups is 1. The molecule has 0 aliphatic carbocycles. The first-order chi connectivity index (χ1) is 7.72. The molecule has 0 bridgehead atoms. The monoisotopic (exact) mass is 225 g/mol. The number of aromatic nitrogens is 2. The maximum Gasteiger partial charge on any atom is 0.358 e. The van der Waals surface area contributed by atoms with Crippen molar-refractivity contribution in [1.82, 2.24) is 10.2 Å². The molecule has 0 saturated carbocycles. The fourth-order valence-electron chi connectivity index (χ4n) is 1.26. The summed E-state index contributed by atoms with van der Waals surface area (Å²) in [5.41, 5.74) is 0.173. The molecule has 0 aliphatic rings. The molecule has 88 valence electrons. The van der Waals surface area contributed by atoms with Crippen LogP contribution in [0.15, 0.2) is 12.1 Å². The molecule has 1 rings (SSSR count). The second-order valence-electron chi connectivity index (χ2n) is 3.07. The molecule has 0 saturated heterocycles. The third-order valence-corrected chi connectivity index (χ3v) is 2.12. The molecule has 0 atom stereocenters. The molecule has 1 N–H and O–H groups in total. The molecule has 1 heterocycles. The number of rotatable bonds is 5. The van der Waals surface area contributed by atoms with E-state index in [-0.39, 0.29) is 12.3 Å². The Hall–Kier alpha value is -1.69. The zero-order valence-corrected chi connectivity index (χ0v) is 9.38. The molecule has 0 fully saturated rings. The summed E-state index contributed by atoms with van der Waals surface area (Å²) in [6.07, 6.45) is 0. The van der Waals surface area contributed by atoms with Crippen LogP contribution in [0.3, 0.4) is 0 Å². The zero-order valence-electron chi connectivity index (χ0n) is 9.38. The first kappa shape index (κ1) is 12.4. The average Bonchev–Trinajstić information content (AvgIpc) is 2.35. The Bertz CT molecular complexity index is 340. The van der Waals surface area contributed by atoms with Crippen LogP contribution >= 0.6 is 0 Å². The van der Waals surface area contributed by atoms with Gasteiger partial charge in [0, 0.05) is 13.1 Å². The van der Waals surface area contributed by atoms with Crippen molar-refractivity contribution < 1.29 is 14.6 Å². The SMILES string of the molecule is CCN(CCO)c1ccc(C(=O)OC)nn1. The minimum atomic E-state index is -0.510. The van der Waals surface area contributed by atoms with Gasteiger partial charge in [-0.15, -0.1) is 10.2 Å². The summed E-state index contributed by atoms with van der Waals surface area (Å²) in [5, 5.41) is 16.5. The van der Waals surface area contributed by atoms with Gasteiger partial charge in [0.25, 0.3) is 0 Å². The fourth-order valence-corrected chi connectivity index (χ4v) is 1.26. The molecule has 0 spiro atoms. The van der Waals surface area contributed by atoms with Gasteiger partial charge >= 0.3 is 5.97 Å². The van der Waals surface area contributed by atoms with Crippen molar-refractivity contribution in [2.45, 2.75) is 6.92 Å². The van der Waals surface area contributed by atoms with E-state index in [0.29, 0.717) is 18.9 Å². The lowest BCUT2D eigenvalue weighted by Gasteiger charge is -2.19. The van der Waals surface area contributed by atoms with Gasteiger partial charge in [-0.2, -0.15) is 0 Å². The summed E-state index contributed by atoms with van der Waals surface area (Å²) >= 11 is 0. The number of ether oxygens (including phenoxy) is 1. The van der Waals surface area contributed by atoms with Crippen molar-refractivity contribution in [3.63, 3.8) is 0 Å². The summed E-state index contributed by atoms with van der Waals surface area (Å²) in [4.78, 5) is 13.0. The summed E-state index contributed by atoms with van der Waals surface area (Å²) in [7, 11) is 1.29. The topological polar surface area (TPSA) is 75.5 Å². The standard InChI is InChI=1S/C10H15N3O3/c1-3-13(6-7-14)9-5-4-8(11-12-9)10(15)16-2/h4-5,14H,3,6-7H2,1-2H3. The number of hydrogen-bond acceptors (Lipinski definition) is 6. The maximum absolute atomic E-state index is 11.1. The minimum absolute atomic E-state index is 0.0499. The number of aliphatic hydroxyl groups excluding tert-OH is 1. The van der Waals surface area contributed by atoms with E-state index in [1.807, 2.05) is 11.8 Å². The zero-order chi connectivity index (χ0) is 12.0. The molecule has 0 aromatic carbocycles. The van der Waals surface area contributed by atoms with Gasteiger partial charge in [0.05, 0.1) is 13.7 Å². The van der Waals surface area contributed by atoms with Gasteiger partial charge < -0.3 is 14.7 Å². The fraction of sp³-hybridized carbons (Fsp3) is 0.500. The number of carbonyl (C=O) groups is 1. The average molecular weight is 225 g/mol. The van der Waals surface area contributed by atoms with E-state index in [4.69, 9.17) is 5.11 Å². The van der Waals surface area contributed by atoms with E-state index in [1.165, 1.54) is 7.11 Å². The number of carbonyl (C=O) groups excluding carboxylic acids is 1. The van der Waals surface area contributed by atoms with E-state index in [1.54, 1.807) is 12.1 Å². The van der Waals surface area contributed by atoms with E-state index < -0.39 is 5.97 Å². The van der Waals surface area contributed by atoms with E-state index in [0.717, 1.165) is 0 Å². The van der Waals surface area contributed by atoms with Crippen LogP contribution in [0.5, 0.6) is 0 Å². The van der Waals surface area contributed by atoms with E-state index >= 15 is 0 Å². The Morgan fingerprint density at radius 2 is 2.25 bits per heavy atom. The smallest absolute Gasteiger partial charge is 0.358 e. The molecule has 6 nitrogen and oxygen atoms in total. The summed E-state index contributed by atoms with van der Waals surface area (Å²) < 4.78 is 4.52. The molecule has 1 aromatic rings. The van der Waals surface area contributed by atoms with Crippen molar-refractivity contribution in [3.8, 4) is 0 Å². The Kier molecular flexibility index (Phi) is 4.65. The van der Waals surface area contributed by atoms with Crippen LogP contribution in [0.25, 0.3) is 0 Å². The van der Waals surface area contributed by atoms with E-state index in [2.05, 4.69) is 14.9 Å². The lowest BCUT2D eigenvalue weighted by atomic mass is 10.3. The molecule has 0 amide bonds. The molecule has 0 radical (unpaired) electrons. The maximum atomic E-state index is 11.1. The number of esters is 1. The van der Waals surface area contributed by atoms with Crippen molar-refractivity contribution in [1.29, 1.82) is 0 Å². The van der Waals surface area contributed by atoms with E-state index in [9.17, 15) is 4.79 Å². The lowest BCUT2D eigenvalue weighted by Crippen LogP contribution is -2.27. The van der Waals surface area contributed by atoms with Gasteiger partial charge in [0.15, 0.2) is 11.5 Å². The van der Waals surface area contributed by atoms with Crippen molar-refractivity contribution in [2.75, 3.05) is 31.7 Å². The quantitative estimate of drug-likeness (QED) is 0.715. The number of likely N-dealkylation sites (N-methyl/N-ethyl adjacent to an activating group) is 1. The van der Waals surface area contributed by atoms with Gasteiger partial charge in [-0.05, 0) is 19.1 Å². The van der Waals surface area contributed by atoms with Gasteiger partial charge in [-0.1, -0.05) is 0 Å². The Morgan fingerprint density at radius 3 is 2.69 bits per heavy atom. The second-order valence-corrected chi connectivity index (χ2v) is 3.07. The number of anilines is 1. The largest absolute Gasteiger partial charge is 0.464 e. The van der Waals surface area contributed by atoms with Gasteiger partial charge in [0.1, 0.15) is 0 Å². The molecule has 16 heavy (non-hydrogen) atoms. The third-order valence-electron chi connectivity index (χ3n) is 2.12. The van der Waals surface area contributed by atoms with Gasteiger partial charge in [0.2, 0.25) is 0 Å². The second kappa shape index (κ2) is 6.02. The predicted molar refractivity (Wildman–Crippen MR) is 58.3 cm³/mol. The predicted octanol–water partition coefficient (Wildman–Crippen LogP) is 0.0818. The van der Waals surface area contributed by atoms with Crippen LogP contribution in [0.1, 0.15) is 17.4 Å². The summed E-state index contributed by atoms with van der Waals surface area (Å²) in [6, 6.07) is 3.23. The van der Waals surface area contributed by atoms with Crippen LogP contribution in [0, 0.1) is 0 Å².